The highest BCUT2D eigenvalue weighted by Gasteiger charge is 2.17. The van der Waals surface area contributed by atoms with Gasteiger partial charge in [0.25, 0.3) is 0 Å². The van der Waals surface area contributed by atoms with Gasteiger partial charge in [0.15, 0.2) is 0 Å². The molecule has 12 heavy (non-hydrogen) atoms. The summed E-state index contributed by atoms with van der Waals surface area (Å²) in [5.41, 5.74) is 0. The van der Waals surface area contributed by atoms with Crippen molar-refractivity contribution < 1.29 is 19.1 Å². The molecule has 0 radical (unpaired) electrons. The summed E-state index contributed by atoms with van der Waals surface area (Å²) in [6.45, 7) is 1.28. The molecular weight excluding hydrogens is 160 g/mol. The number of carbonyl (C=O) groups is 2. The van der Waals surface area contributed by atoms with Gasteiger partial charge in [0, 0.05) is 12.8 Å². The first-order valence-corrected chi connectivity index (χ1v) is 4.04. The van der Waals surface area contributed by atoms with Gasteiger partial charge < -0.3 is 14.3 Å². The SMILES string of the molecule is O=CCC(=O)OC1CCOCC1. The highest BCUT2D eigenvalue weighted by Crippen LogP contribution is 2.10. The summed E-state index contributed by atoms with van der Waals surface area (Å²) in [6.07, 6.45) is 1.85. The third kappa shape index (κ3) is 3.00. The van der Waals surface area contributed by atoms with Gasteiger partial charge in [0.2, 0.25) is 0 Å². The van der Waals surface area contributed by atoms with E-state index in [9.17, 15) is 9.59 Å². The van der Waals surface area contributed by atoms with E-state index in [1.165, 1.54) is 0 Å². The largest absolute Gasteiger partial charge is 0.462 e. The van der Waals surface area contributed by atoms with Gasteiger partial charge in [0.05, 0.1) is 13.2 Å². The molecule has 68 valence electrons. The van der Waals surface area contributed by atoms with Crippen LogP contribution in [0.5, 0.6) is 0 Å². The number of ether oxygens (including phenoxy) is 2. The fourth-order valence-corrected chi connectivity index (χ4v) is 1.10. The molecule has 0 aromatic carbocycles. The van der Waals surface area contributed by atoms with Gasteiger partial charge in [-0.3, -0.25) is 4.79 Å². The van der Waals surface area contributed by atoms with E-state index in [4.69, 9.17) is 9.47 Å². The van der Waals surface area contributed by atoms with Crippen LogP contribution >= 0.6 is 0 Å². The molecule has 0 N–H and O–H groups in total. The normalized spacial score (nSPS) is 18.7. The van der Waals surface area contributed by atoms with Crippen LogP contribution in [0.4, 0.5) is 0 Å². The second kappa shape index (κ2) is 4.87. The van der Waals surface area contributed by atoms with Crippen LogP contribution in [-0.4, -0.2) is 31.6 Å². The van der Waals surface area contributed by atoms with Crippen LogP contribution in [0.3, 0.4) is 0 Å². The molecule has 1 saturated heterocycles. The number of carbonyl (C=O) groups excluding carboxylic acids is 2. The summed E-state index contributed by atoms with van der Waals surface area (Å²) in [4.78, 5) is 20.7. The Morgan fingerprint density at radius 3 is 2.75 bits per heavy atom. The van der Waals surface area contributed by atoms with Crippen LogP contribution in [0, 0.1) is 0 Å². The zero-order valence-electron chi connectivity index (χ0n) is 6.82. The Bertz CT molecular complexity index is 160. The van der Waals surface area contributed by atoms with Crippen LogP contribution < -0.4 is 0 Å². The molecule has 0 aromatic rings. The first-order valence-electron chi connectivity index (χ1n) is 4.04. The van der Waals surface area contributed by atoms with Crippen LogP contribution in [0.25, 0.3) is 0 Å². The lowest BCUT2D eigenvalue weighted by molar-refractivity contribution is -0.153. The molecular formula is C8H12O4. The van der Waals surface area contributed by atoms with Crippen molar-refractivity contribution >= 4 is 12.3 Å². The first kappa shape index (κ1) is 9.19. The minimum absolute atomic E-state index is 0.0498. The summed E-state index contributed by atoms with van der Waals surface area (Å²) >= 11 is 0. The second-order valence-electron chi connectivity index (χ2n) is 2.67. The molecule has 1 rings (SSSR count). The molecule has 4 nitrogen and oxygen atoms in total. The third-order valence-corrected chi connectivity index (χ3v) is 1.72. The van der Waals surface area contributed by atoms with E-state index in [1.807, 2.05) is 0 Å². The predicted molar refractivity (Wildman–Crippen MR) is 40.6 cm³/mol. The minimum atomic E-state index is -0.433. The van der Waals surface area contributed by atoms with Gasteiger partial charge in [-0.2, -0.15) is 0 Å². The van der Waals surface area contributed by atoms with E-state index < -0.39 is 5.97 Å². The van der Waals surface area contributed by atoms with Gasteiger partial charge in [-0.25, -0.2) is 0 Å². The molecule has 0 spiro atoms. The van der Waals surface area contributed by atoms with E-state index in [-0.39, 0.29) is 12.5 Å². The number of rotatable bonds is 3. The highest BCUT2D eigenvalue weighted by atomic mass is 16.6. The van der Waals surface area contributed by atoms with E-state index in [0.29, 0.717) is 19.5 Å². The van der Waals surface area contributed by atoms with E-state index in [1.54, 1.807) is 0 Å². The zero-order chi connectivity index (χ0) is 8.81. The molecule has 4 heteroatoms. The van der Waals surface area contributed by atoms with Crippen molar-refractivity contribution in [3.63, 3.8) is 0 Å². The van der Waals surface area contributed by atoms with Crippen LogP contribution in [-0.2, 0) is 19.1 Å². The fraction of sp³-hybridized carbons (Fsp3) is 0.750. The Hall–Kier alpha value is -0.900. The standard InChI is InChI=1S/C8H12O4/c9-4-1-8(10)12-7-2-5-11-6-3-7/h4,7H,1-3,5-6H2. The molecule has 0 unspecified atom stereocenters. The van der Waals surface area contributed by atoms with E-state index in [2.05, 4.69) is 0 Å². The number of esters is 1. The fourth-order valence-electron chi connectivity index (χ4n) is 1.10. The van der Waals surface area contributed by atoms with Crippen LogP contribution in [0.15, 0.2) is 0 Å². The average molecular weight is 172 g/mol. The number of hydrogen-bond acceptors (Lipinski definition) is 4. The molecule has 1 heterocycles. The van der Waals surface area contributed by atoms with Crippen molar-refractivity contribution in [1.29, 1.82) is 0 Å². The lowest BCUT2D eigenvalue weighted by atomic mass is 10.1. The van der Waals surface area contributed by atoms with E-state index >= 15 is 0 Å². The summed E-state index contributed by atoms with van der Waals surface area (Å²) < 4.78 is 10.1. The van der Waals surface area contributed by atoms with Crippen molar-refractivity contribution in [2.75, 3.05) is 13.2 Å². The van der Waals surface area contributed by atoms with Crippen LogP contribution in [0.1, 0.15) is 19.3 Å². The molecule has 1 fully saturated rings. The smallest absolute Gasteiger partial charge is 0.313 e. The van der Waals surface area contributed by atoms with E-state index in [0.717, 1.165) is 12.8 Å². The quantitative estimate of drug-likeness (QED) is 0.349. The lowest BCUT2D eigenvalue weighted by Crippen LogP contribution is -2.26. The number of aldehydes is 1. The highest BCUT2D eigenvalue weighted by molar-refractivity contribution is 5.83. The number of hydrogen-bond donors (Lipinski definition) is 0. The van der Waals surface area contributed by atoms with Gasteiger partial charge in [-0.15, -0.1) is 0 Å². The maximum atomic E-state index is 10.8. The zero-order valence-corrected chi connectivity index (χ0v) is 6.82. The second-order valence-corrected chi connectivity index (χ2v) is 2.67. The molecule has 1 aliphatic rings. The predicted octanol–water partition coefficient (Wildman–Crippen LogP) is 0.298. The Balaban J connectivity index is 2.19. The van der Waals surface area contributed by atoms with Gasteiger partial charge in [-0.05, 0) is 0 Å². The molecule has 0 amide bonds. The summed E-state index contributed by atoms with van der Waals surface area (Å²) in [5, 5.41) is 0. The molecule has 0 aromatic heterocycles. The molecule has 0 saturated carbocycles. The molecule has 1 aliphatic heterocycles. The minimum Gasteiger partial charge on any atom is -0.462 e. The molecule has 0 atom stereocenters. The first-order chi connectivity index (χ1) is 5.83. The van der Waals surface area contributed by atoms with Crippen molar-refractivity contribution in [1.82, 2.24) is 0 Å². The van der Waals surface area contributed by atoms with Crippen molar-refractivity contribution in [2.45, 2.75) is 25.4 Å². The Morgan fingerprint density at radius 1 is 1.50 bits per heavy atom. The van der Waals surface area contributed by atoms with Crippen LogP contribution in [0.2, 0.25) is 0 Å². The Kier molecular flexibility index (Phi) is 3.73. The maximum absolute atomic E-state index is 10.8. The topological polar surface area (TPSA) is 52.6 Å². The summed E-state index contributed by atoms with van der Waals surface area (Å²) in [5.74, 6) is -0.433. The average Bonchev–Trinajstić information content (AvgIpc) is 2.06. The molecule has 0 bridgehead atoms. The van der Waals surface area contributed by atoms with Crippen molar-refractivity contribution in [2.24, 2.45) is 0 Å². The molecule has 0 aliphatic carbocycles. The third-order valence-electron chi connectivity index (χ3n) is 1.72. The summed E-state index contributed by atoms with van der Waals surface area (Å²) in [6, 6.07) is 0. The Labute approximate surface area is 70.8 Å². The van der Waals surface area contributed by atoms with Crippen molar-refractivity contribution in [3.05, 3.63) is 0 Å². The summed E-state index contributed by atoms with van der Waals surface area (Å²) in [7, 11) is 0. The Morgan fingerprint density at radius 2 is 2.17 bits per heavy atom. The van der Waals surface area contributed by atoms with Crippen molar-refractivity contribution in [3.8, 4) is 0 Å². The monoisotopic (exact) mass is 172 g/mol. The van der Waals surface area contributed by atoms with Gasteiger partial charge in [0.1, 0.15) is 18.8 Å². The maximum Gasteiger partial charge on any atom is 0.313 e. The van der Waals surface area contributed by atoms with Gasteiger partial charge in [-0.1, -0.05) is 0 Å². The van der Waals surface area contributed by atoms with Gasteiger partial charge >= 0.3 is 5.97 Å². The lowest BCUT2D eigenvalue weighted by Gasteiger charge is -2.21.